The second-order valence-corrected chi connectivity index (χ2v) is 6.31. The van der Waals surface area contributed by atoms with Crippen molar-refractivity contribution in [3.05, 3.63) is 47.0 Å². The van der Waals surface area contributed by atoms with E-state index in [0.717, 1.165) is 30.5 Å². The number of rotatable bonds is 5. The first-order valence-corrected chi connectivity index (χ1v) is 8.29. The molecule has 0 radical (unpaired) electrons. The molecule has 2 aromatic rings. The largest absolute Gasteiger partial charge is 0.451 e. The molecule has 1 aliphatic carbocycles. The minimum absolute atomic E-state index is 0.0202. The van der Waals surface area contributed by atoms with Crippen molar-refractivity contribution in [2.45, 2.75) is 39.2 Å². The van der Waals surface area contributed by atoms with Crippen LogP contribution in [-0.4, -0.2) is 34.3 Å². The molecule has 0 bridgehead atoms. The number of nitrogens with one attached hydrogen (secondary N) is 1. The molecule has 0 atom stereocenters. The molecule has 0 fully saturated rings. The lowest BCUT2D eigenvalue weighted by atomic mass is 10.2. The van der Waals surface area contributed by atoms with Gasteiger partial charge in [0, 0.05) is 17.3 Å². The summed E-state index contributed by atoms with van der Waals surface area (Å²) >= 11 is 0. The highest BCUT2D eigenvalue weighted by Gasteiger charge is 2.28. The Bertz CT molecular complexity index is 797. The van der Waals surface area contributed by atoms with Crippen LogP contribution in [0.15, 0.2) is 24.3 Å². The van der Waals surface area contributed by atoms with E-state index in [4.69, 9.17) is 4.74 Å². The lowest BCUT2D eigenvalue weighted by Gasteiger charge is -2.08. The lowest BCUT2D eigenvalue weighted by Crippen LogP contribution is -2.34. The number of hydrogen-bond acceptors (Lipinski definition) is 4. The maximum atomic E-state index is 13.1. The van der Waals surface area contributed by atoms with Gasteiger partial charge in [-0.05, 0) is 57.4 Å². The maximum absolute atomic E-state index is 13.1. The van der Waals surface area contributed by atoms with Crippen LogP contribution in [0.1, 0.15) is 42.0 Å². The van der Waals surface area contributed by atoms with E-state index in [9.17, 15) is 14.0 Å². The van der Waals surface area contributed by atoms with Crippen LogP contribution < -0.4 is 5.32 Å². The number of benzene rings is 1. The molecule has 0 aliphatic heterocycles. The number of halogens is 1. The van der Waals surface area contributed by atoms with Gasteiger partial charge in [-0.15, -0.1) is 0 Å². The molecule has 1 heterocycles. The van der Waals surface area contributed by atoms with Gasteiger partial charge in [-0.25, -0.2) is 13.9 Å². The van der Waals surface area contributed by atoms with Crippen molar-refractivity contribution >= 4 is 11.9 Å². The third kappa shape index (κ3) is 3.70. The zero-order valence-electron chi connectivity index (χ0n) is 14.2. The van der Waals surface area contributed by atoms with Gasteiger partial charge in [0.2, 0.25) is 0 Å². The summed E-state index contributed by atoms with van der Waals surface area (Å²) in [6.07, 6.45) is 2.45. The topological polar surface area (TPSA) is 73.2 Å². The Balaban J connectivity index is 1.80. The van der Waals surface area contributed by atoms with Gasteiger partial charge in [0.25, 0.3) is 5.91 Å². The fraction of sp³-hybridized carbons (Fsp3) is 0.389. The molecule has 0 unspecified atom stereocenters. The number of amides is 1. The van der Waals surface area contributed by atoms with Gasteiger partial charge in [0.1, 0.15) is 5.82 Å². The van der Waals surface area contributed by atoms with Crippen LogP contribution in [0.25, 0.3) is 5.69 Å². The zero-order valence-corrected chi connectivity index (χ0v) is 14.2. The first-order chi connectivity index (χ1) is 12.0. The molecule has 7 heteroatoms. The van der Waals surface area contributed by atoms with E-state index in [-0.39, 0.29) is 30.1 Å². The smallest absolute Gasteiger partial charge is 0.359 e. The molecule has 0 saturated carbocycles. The predicted molar refractivity (Wildman–Crippen MR) is 89.1 cm³/mol. The Morgan fingerprint density at radius 2 is 2.00 bits per heavy atom. The number of hydrogen-bond donors (Lipinski definition) is 1. The molecule has 1 aromatic carbocycles. The fourth-order valence-electron chi connectivity index (χ4n) is 2.96. The van der Waals surface area contributed by atoms with Crippen LogP contribution in [0.3, 0.4) is 0 Å². The summed E-state index contributed by atoms with van der Waals surface area (Å²) in [4.78, 5) is 24.0. The van der Waals surface area contributed by atoms with Crippen molar-refractivity contribution < 1.29 is 18.7 Å². The summed E-state index contributed by atoms with van der Waals surface area (Å²) in [6.45, 7) is 3.32. The number of esters is 1. The molecular weight excluding hydrogens is 325 g/mol. The Hall–Kier alpha value is -2.70. The summed E-state index contributed by atoms with van der Waals surface area (Å²) in [7, 11) is 0. The van der Waals surface area contributed by atoms with Crippen LogP contribution in [0.5, 0.6) is 0 Å². The number of ether oxygens (including phenoxy) is 1. The molecule has 25 heavy (non-hydrogen) atoms. The van der Waals surface area contributed by atoms with Crippen LogP contribution in [0.2, 0.25) is 0 Å². The van der Waals surface area contributed by atoms with Crippen LogP contribution in [0.4, 0.5) is 4.39 Å². The summed E-state index contributed by atoms with van der Waals surface area (Å²) in [6, 6.07) is 5.92. The summed E-state index contributed by atoms with van der Waals surface area (Å²) in [5, 5.41) is 7.02. The number of carbonyl (C=O) groups is 2. The second-order valence-electron chi connectivity index (χ2n) is 6.31. The second kappa shape index (κ2) is 7.04. The Morgan fingerprint density at radius 1 is 1.28 bits per heavy atom. The zero-order chi connectivity index (χ0) is 18.0. The average molecular weight is 345 g/mol. The van der Waals surface area contributed by atoms with Gasteiger partial charge in [0.05, 0.1) is 5.69 Å². The minimum atomic E-state index is -0.613. The van der Waals surface area contributed by atoms with E-state index in [1.54, 1.807) is 16.8 Å². The van der Waals surface area contributed by atoms with Crippen molar-refractivity contribution in [1.82, 2.24) is 15.1 Å². The molecule has 1 amide bonds. The minimum Gasteiger partial charge on any atom is -0.451 e. The van der Waals surface area contributed by atoms with Gasteiger partial charge < -0.3 is 10.1 Å². The fourth-order valence-corrected chi connectivity index (χ4v) is 2.96. The molecule has 1 aromatic heterocycles. The van der Waals surface area contributed by atoms with Crippen molar-refractivity contribution in [2.75, 3.05) is 6.61 Å². The molecular formula is C18H20FN3O3. The Labute approximate surface area is 145 Å². The Kier molecular flexibility index (Phi) is 4.83. The summed E-state index contributed by atoms with van der Waals surface area (Å²) in [5.74, 6) is -1.29. The number of carbonyl (C=O) groups excluding carboxylic acids is 2. The molecule has 1 N–H and O–H groups in total. The number of aromatic nitrogens is 2. The molecule has 3 rings (SSSR count). The summed E-state index contributed by atoms with van der Waals surface area (Å²) in [5.41, 5.74) is 2.70. The highest BCUT2D eigenvalue weighted by atomic mass is 19.1. The molecule has 1 aliphatic rings. The van der Waals surface area contributed by atoms with E-state index in [0.29, 0.717) is 5.69 Å². The van der Waals surface area contributed by atoms with Gasteiger partial charge in [0.15, 0.2) is 12.3 Å². The SMILES string of the molecule is CC(C)NC(=O)COC(=O)c1nn(-c2ccc(F)cc2)c2c1CCC2. The monoisotopic (exact) mass is 345 g/mol. The molecule has 132 valence electrons. The average Bonchev–Trinajstić information content (AvgIpc) is 3.15. The van der Waals surface area contributed by atoms with E-state index < -0.39 is 5.97 Å². The number of nitrogens with zero attached hydrogens (tertiary/aromatic N) is 2. The van der Waals surface area contributed by atoms with Gasteiger partial charge >= 0.3 is 5.97 Å². The van der Waals surface area contributed by atoms with E-state index >= 15 is 0 Å². The van der Waals surface area contributed by atoms with Crippen molar-refractivity contribution in [3.8, 4) is 5.69 Å². The molecule has 0 spiro atoms. The quantitative estimate of drug-likeness (QED) is 0.843. The third-order valence-electron chi connectivity index (χ3n) is 3.98. The lowest BCUT2D eigenvalue weighted by molar-refractivity contribution is -0.124. The van der Waals surface area contributed by atoms with E-state index in [1.807, 2.05) is 13.8 Å². The van der Waals surface area contributed by atoms with Crippen LogP contribution in [-0.2, 0) is 22.4 Å². The Morgan fingerprint density at radius 3 is 2.68 bits per heavy atom. The number of fused-ring (bicyclic) bond motifs is 1. The summed E-state index contributed by atoms with van der Waals surface area (Å²) < 4.78 is 19.9. The normalized spacial score (nSPS) is 13.0. The van der Waals surface area contributed by atoms with Gasteiger partial charge in [-0.3, -0.25) is 4.79 Å². The van der Waals surface area contributed by atoms with Gasteiger partial charge in [-0.1, -0.05) is 0 Å². The van der Waals surface area contributed by atoms with Gasteiger partial charge in [-0.2, -0.15) is 5.10 Å². The predicted octanol–water partition coefficient (Wildman–Crippen LogP) is 2.18. The highest BCUT2D eigenvalue weighted by Crippen LogP contribution is 2.28. The standard InChI is InChI=1S/C18H20FN3O3/c1-11(2)20-16(23)10-25-18(24)17-14-4-3-5-15(14)22(21-17)13-8-6-12(19)7-9-13/h6-9,11H,3-5,10H2,1-2H3,(H,20,23). The third-order valence-corrected chi connectivity index (χ3v) is 3.98. The van der Waals surface area contributed by atoms with Crippen molar-refractivity contribution in [3.63, 3.8) is 0 Å². The molecule has 0 saturated heterocycles. The van der Waals surface area contributed by atoms with Crippen LogP contribution >= 0.6 is 0 Å². The van der Waals surface area contributed by atoms with Crippen molar-refractivity contribution in [2.24, 2.45) is 0 Å². The maximum Gasteiger partial charge on any atom is 0.359 e. The van der Waals surface area contributed by atoms with Crippen LogP contribution in [0, 0.1) is 5.82 Å². The van der Waals surface area contributed by atoms with Crippen molar-refractivity contribution in [1.29, 1.82) is 0 Å². The molecule has 6 nitrogen and oxygen atoms in total. The highest BCUT2D eigenvalue weighted by molar-refractivity contribution is 5.91. The first-order valence-electron chi connectivity index (χ1n) is 8.29. The van der Waals surface area contributed by atoms with E-state index in [1.165, 1.54) is 12.1 Å². The first kappa shape index (κ1) is 17.1. The van der Waals surface area contributed by atoms with E-state index in [2.05, 4.69) is 10.4 Å².